The van der Waals surface area contributed by atoms with Gasteiger partial charge in [-0.3, -0.25) is 4.79 Å². The van der Waals surface area contributed by atoms with Crippen LogP contribution in [0.4, 0.5) is 5.69 Å². The highest BCUT2D eigenvalue weighted by atomic mass is 35.5. The minimum atomic E-state index is 0. The van der Waals surface area contributed by atoms with Gasteiger partial charge < -0.3 is 10.6 Å². The van der Waals surface area contributed by atoms with Gasteiger partial charge >= 0.3 is 0 Å². The van der Waals surface area contributed by atoms with Crippen molar-refractivity contribution in [1.29, 1.82) is 0 Å². The lowest BCUT2D eigenvalue weighted by Crippen LogP contribution is -2.40. The number of piperidine rings is 1. The van der Waals surface area contributed by atoms with Crippen molar-refractivity contribution < 1.29 is 4.79 Å². The normalized spacial score (nSPS) is 23.0. The van der Waals surface area contributed by atoms with Crippen molar-refractivity contribution in [3.63, 3.8) is 0 Å². The van der Waals surface area contributed by atoms with Crippen molar-refractivity contribution >= 4 is 35.6 Å². The summed E-state index contributed by atoms with van der Waals surface area (Å²) in [6.45, 7) is 3.03. The molecular formula is C13H18Cl2N2O. The topological polar surface area (TPSA) is 41.1 Å². The number of anilines is 1. The van der Waals surface area contributed by atoms with Gasteiger partial charge in [-0.05, 0) is 50.6 Å². The molecule has 18 heavy (non-hydrogen) atoms. The molecule has 1 fully saturated rings. The van der Waals surface area contributed by atoms with E-state index in [4.69, 9.17) is 11.6 Å². The number of rotatable bonds is 2. The van der Waals surface area contributed by atoms with Crippen molar-refractivity contribution in [2.24, 2.45) is 5.92 Å². The molecule has 1 aliphatic rings. The lowest BCUT2D eigenvalue weighted by Gasteiger charge is -2.27. The summed E-state index contributed by atoms with van der Waals surface area (Å²) in [6.07, 6.45) is 1.81. The fraction of sp³-hybridized carbons (Fsp3) is 0.462. The highest BCUT2D eigenvalue weighted by Crippen LogP contribution is 2.19. The van der Waals surface area contributed by atoms with Crippen LogP contribution < -0.4 is 10.6 Å². The molecule has 3 nitrogen and oxygen atoms in total. The number of amides is 1. The van der Waals surface area contributed by atoms with Crippen LogP contribution in [-0.2, 0) is 4.79 Å². The molecule has 1 aromatic rings. The highest BCUT2D eigenvalue weighted by molar-refractivity contribution is 6.30. The van der Waals surface area contributed by atoms with E-state index >= 15 is 0 Å². The van der Waals surface area contributed by atoms with Gasteiger partial charge in [-0.25, -0.2) is 0 Å². The van der Waals surface area contributed by atoms with E-state index in [1.54, 1.807) is 12.1 Å². The second kappa shape index (κ2) is 6.98. The predicted octanol–water partition coefficient (Wildman–Crippen LogP) is 3.09. The smallest absolute Gasteiger partial charge is 0.227 e. The second-order valence-electron chi connectivity index (χ2n) is 4.57. The van der Waals surface area contributed by atoms with Gasteiger partial charge in [-0.1, -0.05) is 11.6 Å². The molecule has 1 amide bonds. The molecule has 0 aliphatic carbocycles. The Morgan fingerprint density at radius 3 is 2.67 bits per heavy atom. The van der Waals surface area contributed by atoms with Crippen molar-refractivity contribution in [2.45, 2.75) is 25.8 Å². The number of halogens is 2. The third-order valence-corrected chi connectivity index (χ3v) is 3.36. The lowest BCUT2D eigenvalue weighted by molar-refractivity contribution is -0.120. The summed E-state index contributed by atoms with van der Waals surface area (Å²) in [5.41, 5.74) is 0.811. The molecule has 5 heteroatoms. The van der Waals surface area contributed by atoms with Crippen LogP contribution in [0.3, 0.4) is 0 Å². The van der Waals surface area contributed by atoms with Crippen molar-refractivity contribution in [3.8, 4) is 0 Å². The van der Waals surface area contributed by atoms with Gasteiger partial charge in [0.25, 0.3) is 0 Å². The Labute approximate surface area is 119 Å². The van der Waals surface area contributed by atoms with Gasteiger partial charge in [0.1, 0.15) is 0 Å². The van der Waals surface area contributed by atoms with Crippen LogP contribution in [0.1, 0.15) is 19.8 Å². The van der Waals surface area contributed by atoms with Gasteiger partial charge in [0.15, 0.2) is 0 Å². The number of benzene rings is 1. The number of carbonyl (C=O) groups excluding carboxylic acids is 1. The van der Waals surface area contributed by atoms with E-state index in [2.05, 4.69) is 17.6 Å². The summed E-state index contributed by atoms with van der Waals surface area (Å²) >= 11 is 5.80. The summed E-state index contributed by atoms with van der Waals surface area (Å²) in [5, 5.41) is 6.95. The third-order valence-electron chi connectivity index (χ3n) is 3.11. The Morgan fingerprint density at radius 1 is 1.39 bits per heavy atom. The quantitative estimate of drug-likeness (QED) is 0.878. The van der Waals surface area contributed by atoms with E-state index in [1.807, 2.05) is 12.1 Å². The van der Waals surface area contributed by atoms with Crippen LogP contribution in [0.15, 0.2) is 24.3 Å². The van der Waals surface area contributed by atoms with Crippen LogP contribution in [0.2, 0.25) is 5.02 Å². The Morgan fingerprint density at radius 2 is 2.06 bits per heavy atom. The molecule has 100 valence electrons. The zero-order chi connectivity index (χ0) is 12.3. The fourth-order valence-corrected chi connectivity index (χ4v) is 2.27. The summed E-state index contributed by atoms with van der Waals surface area (Å²) in [6, 6.07) is 7.63. The minimum Gasteiger partial charge on any atom is -0.326 e. The zero-order valence-electron chi connectivity index (χ0n) is 10.3. The average molecular weight is 289 g/mol. The molecule has 0 saturated carbocycles. The molecule has 1 heterocycles. The standard InChI is InChI=1S/C13H17ClN2O.ClH/c1-9-8-10(6-7-15-9)13(17)16-12-4-2-11(14)3-5-12;/h2-5,9-10,15H,6-8H2,1H3,(H,16,17);1H/t9-,10-;/m0./s1. The van der Waals surface area contributed by atoms with Crippen molar-refractivity contribution in [2.75, 3.05) is 11.9 Å². The van der Waals surface area contributed by atoms with Gasteiger partial charge in [0.05, 0.1) is 0 Å². The SMILES string of the molecule is C[C@H]1C[C@@H](C(=O)Nc2ccc(Cl)cc2)CCN1.Cl. The maximum atomic E-state index is 12.0. The highest BCUT2D eigenvalue weighted by Gasteiger charge is 2.24. The Kier molecular flexibility index (Phi) is 5.93. The van der Waals surface area contributed by atoms with Crippen molar-refractivity contribution in [1.82, 2.24) is 5.32 Å². The summed E-state index contributed by atoms with van der Waals surface area (Å²) in [4.78, 5) is 12.0. The molecule has 2 N–H and O–H groups in total. The van der Waals surface area contributed by atoms with Gasteiger partial charge in [0.2, 0.25) is 5.91 Å². The average Bonchev–Trinajstić information content (AvgIpc) is 2.32. The molecule has 0 unspecified atom stereocenters. The van der Waals surface area contributed by atoms with E-state index in [9.17, 15) is 4.79 Å². The van der Waals surface area contributed by atoms with E-state index in [0.29, 0.717) is 11.1 Å². The maximum absolute atomic E-state index is 12.0. The molecule has 0 spiro atoms. The molecule has 2 rings (SSSR count). The molecule has 1 saturated heterocycles. The maximum Gasteiger partial charge on any atom is 0.227 e. The first-order chi connectivity index (χ1) is 8.15. The van der Waals surface area contributed by atoms with Crippen LogP contribution in [0.25, 0.3) is 0 Å². The van der Waals surface area contributed by atoms with Crippen LogP contribution in [0.5, 0.6) is 0 Å². The van der Waals surface area contributed by atoms with E-state index in [1.165, 1.54) is 0 Å². The fourth-order valence-electron chi connectivity index (χ4n) is 2.15. The van der Waals surface area contributed by atoms with E-state index in [0.717, 1.165) is 25.1 Å². The molecule has 0 radical (unpaired) electrons. The molecule has 0 aromatic heterocycles. The monoisotopic (exact) mass is 288 g/mol. The summed E-state index contributed by atoms with van der Waals surface area (Å²) in [5.74, 6) is 0.225. The van der Waals surface area contributed by atoms with Crippen LogP contribution >= 0.6 is 24.0 Å². The number of hydrogen-bond donors (Lipinski definition) is 2. The van der Waals surface area contributed by atoms with E-state index < -0.39 is 0 Å². The van der Waals surface area contributed by atoms with Crippen LogP contribution in [-0.4, -0.2) is 18.5 Å². The second-order valence-corrected chi connectivity index (χ2v) is 5.01. The first kappa shape index (κ1) is 15.3. The Hall–Kier alpha value is -0.770. The predicted molar refractivity (Wildman–Crippen MR) is 77.5 cm³/mol. The molecule has 1 aromatic carbocycles. The molecule has 1 aliphatic heterocycles. The van der Waals surface area contributed by atoms with Crippen LogP contribution in [0, 0.1) is 5.92 Å². The largest absolute Gasteiger partial charge is 0.326 e. The zero-order valence-corrected chi connectivity index (χ0v) is 11.9. The first-order valence-corrected chi connectivity index (χ1v) is 6.33. The van der Waals surface area contributed by atoms with Gasteiger partial charge in [-0.2, -0.15) is 0 Å². The van der Waals surface area contributed by atoms with Gasteiger partial charge in [-0.15, -0.1) is 12.4 Å². The Bertz CT molecular complexity index is 394. The Balaban J connectivity index is 0.00000162. The van der Waals surface area contributed by atoms with Crippen molar-refractivity contribution in [3.05, 3.63) is 29.3 Å². The minimum absolute atomic E-state index is 0. The summed E-state index contributed by atoms with van der Waals surface area (Å²) in [7, 11) is 0. The third kappa shape index (κ3) is 4.16. The first-order valence-electron chi connectivity index (χ1n) is 5.95. The summed E-state index contributed by atoms with van der Waals surface area (Å²) < 4.78 is 0. The molecular weight excluding hydrogens is 271 g/mol. The number of nitrogens with one attached hydrogen (secondary N) is 2. The number of hydrogen-bond acceptors (Lipinski definition) is 2. The molecule has 0 bridgehead atoms. The molecule has 2 atom stereocenters. The van der Waals surface area contributed by atoms with Gasteiger partial charge in [0, 0.05) is 22.7 Å². The van der Waals surface area contributed by atoms with E-state index in [-0.39, 0.29) is 24.2 Å². The number of carbonyl (C=O) groups is 1. The lowest BCUT2D eigenvalue weighted by atomic mass is 9.92.